The van der Waals surface area contributed by atoms with Crippen molar-refractivity contribution in [3.8, 4) is 11.5 Å². The number of aliphatic imine (C=N–C) groups is 1. The van der Waals surface area contributed by atoms with Gasteiger partial charge >= 0.3 is 0 Å². The van der Waals surface area contributed by atoms with Crippen LogP contribution in [-0.4, -0.2) is 49.3 Å². The highest BCUT2D eigenvalue weighted by Gasteiger charge is 2.30. The smallest absolute Gasteiger partial charge is 0.227 e. The molecule has 0 spiro atoms. The molecule has 0 fully saturated rings. The van der Waals surface area contributed by atoms with Crippen molar-refractivity contribution in [3.05, 3.63) is 34.9 Å². The molecule has 0 saturated heterocycles. The Morgan fingerprint density at radius 3 is 3.33 bits per heavy atom. The third-order valence-electron chi connectivity index (χ3n) is 4.44. The van der Waals surface area contributed by atoms with Gasteiger partial charge in [0.2, 0.25) is 5.91 Å². The molecule has 3 heterocycles. The minimum Gasteiger partial charge on any atom is -0.493 e. The van der Waals surface area contributed by atoms with E-state index in [0.717, 1.165) is 41.0 Å². The van der Waals surface area contributed by atoms with E-state index in [4.69, 9.17) is 9.47 Å². The zero-order chi connectivity index (χ0) is 16.5. The van der Waals surface area contributed by atoms with Crippen LogP contribution in [-0.2, 0) is 11.2 Å². The number of amidine groups is 1. The average molecular weight is 345 g/mol. The normalized spacial score (nSPS) is 21.4. The minimum absolute atomic E-state index is 0.0268. The number of para-hydroxylation sites is 1. The highest BCUT2D eigenvalue weighted by Crippen LogP contribution is 2.36. The molecule has 0 aliphatic carbocycles. The summed E-state index contributed by atoms with van der Waals surface area (Å²) in [4.78, 5) is 19.1. The zero-order valence-electron chi connectivity index (χ0n) is 13.4. The molecule has 0 radical (unpaired) electrons. The number of fused-ring (bicyclic) bond motifs is 2. The lowest BCUT2D eigenvalue weighted by Crippen LogP contribution is -2.39. The first-order valence-corrected chi connectivity index (χ1v) is 8.88. The van der Waals surface area contributed by atoms with Crippen molar-refractivity contribution in [2.45, 2.75) is 6.42 Å². The van der Waals surface area contributed by atoms with Gasteiger partial charge in [0.1, 0.15) is 6.61 Å². The van der Waals surface area contributed by atoms with Crippen LogP contribution in [0, 0.1) is 5.92 Å². The van der Waals surface area contributed by atoms with Crippen LogP contribution in [0.4, 0.5) is 0 Å². The summed E-state index contributed by atoms with van der Waals surface area (Å²) in [5.74, 6) is 1.34. The van der Waals surface area contributed by atoms with Gasteiger partial charge in [-0.05, 0) is 18.1 Å². The number of hydrogen-bond donors (Lipinski definition) is 1. The lowest BCUT2D eigenvalue weighted by molar-refractivity contribution is -0.126. The topological polar surface area (TPSA) is 63.2 Å². The second-order valence-electron chi connectivity index (χ2n) is 5.92. The van der Waals surface area contributed by atoms with Gasteiger partial charge in [0.25, 0.3) is 0 Å². The second kappa shape index (κ2) is 6.39. The molecule has 126 valence electrons. The maximum absolute atomic E-state index is 12.5. The summed E-state index contributed by atoms with van der Waals surface area (Å²) in [6.45, 7) is 2.65. The summed E-state index contributed by atoms with van der Waals surface area (Å²) < 4.78 is 11.1. The molecule has 3 aliphatic heterocycles. The van der Waals surface area contributed by atoms with E-state index in [9.17, 15) is 4.79 Å². The van der Waals surface area contributed by atoms with Gasteiger partial charge in [-0.2, -0.15) is 0 Å². The van der Waals surface area contributed by atoms with Crippen molar-refractivity contribution in [2.75, 3.05) is 33.4 Å². The molecule has 0 unspecified atom stereocenters. The molecule has 4 rings (SSSR count). The second-order valence-corrected chi connectivity index (χ2v) is 6.76. The molecule has 6 nitrogen and oxygen atoms in total. The van der Waals surface area contributed by atoms with Gasteiger partial charge in [0.15, 0.2) is 16.7 Å². The molecule has 3 aliphatic rings. The summed E-state index contributed by atoms with van der Waals surface area (Å²) in [5.41, 5.74) is 2.13. The van der Waals surface area contributed by atoms with Crippen LogP contribution in [0.5, 0.6) is 11.5 Å². The standard InChI is InChI=1S/C17H19N3O3S/c1-22-14-4-2-3-11-7-12(9-23-15(11)14)16(21)19-8-13-10-24-17-18-5-6-20(13)17/h2-4,10,12H,5-9H2,1H3,(H,19,21)/t12-/m1/s1. The Balaban J connectivity index is 1.37. The SMILES string of the molecule is COc1cccc2c1OC[C@H](C(=O)NCC1=CSC3=NCCN13)C2. The molecule has 0 saturated carbocycles. The molecule has 0 aromatic heterocycles. The van der Waals surface area contributed by atoms with Gasteiger partial charge in [-0.15, -0.1) is 0 Å². The van der Waals surface area contributed by atoms with Crippen molar-refractivity contribution in [1.29, 1.82) is 0 Å². The quantitative estimate of drug-likeness (QED) is 0.898. The molecule has 24 heavy (non-hydrogen) atoms. The Labute approximate surface area is 144 Å². The largest absolute Gasteiger partial charge is 0.493 e. The van der Waals surface area contributed by atoms with Gasteiger partial charge in [0.05, 0.1) is 26.1 Å². The highest BCUT2D eigenvalue weighted by atomic mass is 32.2. The van der Waals surface area contributed by atoms with Crippen LogP contribution < -0.4 is 14.8 Å². The Hall–Kier alpha value is -2.15. The van der Waals surface area contributed by atoms with Crippen LogP contribution in [0.25, 0.3) is 0 Å². The van der Waals surface area contributed by atoms with E-state index in [1.165, 1.54) is 0 Å². The Bertz CT molecular complexity index is 732. The molecule has 1 amide bonds. The van der Waals surface area contributed by atoms with E-state index in [2.05, 4.69) is 20.6 Å². The van der Waals surface area contributed by atoms with Gasteiger partial charge in [-0.25, -0.2) is 0 Å². The fraction of sp³-hybridized carbons (Fsp3) is 0.412. The molecule has 1 aromatic carbocycles. The van der Waals surface area contributed by atoms with Crippen molar-refractivity contribution < 1.29 is 14.3 Å². The van der Waals surface area contributed by atoms with Gasteiger partial charge in [-0.1, -0.05) is 23.9 Å². The monoisotopic (exact) mass is 345 g/mol. The third-order valence-corrected chi connectivity index (χ3v) is 5.39. The Morgan fingerprint density at radius 1 is 1.54 bits per heavy atom. The number of methoxy groups -OCH3 is 1. The number of thioether (sulfide) groups is 1. The molecule has 0 bridgehead atoms. The van der Waals surface area contributed by atoms with Crippen molar-refractivity contribution in [3.63, 3.8) is 0 Å². The van der Waals surface area contributed by atoms with Crippen LogP contribution in [0.2, 0.25) is 0 Å². The first kappa shape index (κ1) is 15.4. The summed E-state index contributed by atoms with van der Waals surface area (Å²) in [5, 5.41) is 6.15. The lowest BCUT2D eigenvalue weighted by Gasteiger charge is -2.26. The van der Waals surface area contributed by atoms with Crippen LogP contribution in [0.15, 0.2) is 34.3 Å². The van der Waals surface area contributed by atoms with E-state index in [1.807, 2.05) is 18.2 Å². The van der Waals surface area contributed by atoms with E-state index in [1.54, 1.807) is 18.9 Å². The van der Waals surface area contributed by atoms with E-state index in [0.29, 0.717) is 19.6 Å². The minimum atomic E-state index is -0.175. The maximum atomic E-state index is 12.5. The zero-order valence-corrected chi connectivity index (χ0v) is 14.3. The first-order chi connectivity index (χ1) is 11.8. The molecule has 1 aromatic rings. The predicted molar refractivity (Wildman–Crippen MR) is 93.4 cm³/mol. The molecular formula is C17H19N3O3S. The Morgan fingerprint density at radius 2 is 2.46 bits per heavy atom. The van der Waals surface area contributed by atoms with Crippen molar-refractivity contribution >= 4 is 22.8 Å². The number of carbonyl (C=O) groups excluding carboxylic acids is 1. The van der Waals surface area contributed by atoms with E-state index < -0.39 is 0 Å². The number of rotatable bonds is 4. The summed E-state index contributed by atoms with van der Waals surface area (Å²) >= 11 is 1.63. The number of benzene rings is 1. The van der Waals surface area contributed by atoms with Crippen LogP contribution in [0.1, 0.15) is 5.56 Å². The van der Waals surface area contributed by atoms with Crippen molar-refractivity contribution in [1.82, 2.24) is 10.2 Å². The van der Waals surface area contributed by atoms with E-state index >= 15 is 0 Å². The number of ether oxygens (including phenoxy) is 2. The highest BCUT2D eigenvalue weighted by molar-refractivity contribution is 8.16. The van der Waals surface area contributed by atoms with Crippen molar-refractivity contribution in [2.24, 2.45) is 10.9 Å². The number of nitrogens with one attached hydrogen (secondary N) is 1. The molecule has 1 N–H and O–H groups in total. The first-order valence-electron chi connectivity index (χ1n) is 8.00. The molecular weight excluding hydrogens is 326 g/mol. The predicted octanol–water partition coefficient (Wildman–Crippen LogP) is 1.62. The van der Waals surface area contributed by atoms with Crippen LogP contribution >= 0.6 is 11.8 Å². The Kier molecular flexibility index (Phi) is 4.10. The molecule has 7 heteroatoms. The summed E-state index contributed by atoms with van der Waals surface area (Å²) in [7, 11) is 1.63. The fourth-order valence-electron chi connectivity index (χ4n) is 3.16. The third kappa shape index (κ3) is 2.73. The lowest BCUT2D eigenvalue weighted by atomic mass is 9.95. The average Bonchev–Trinajstić information content (AvgIpc) is 3.22. The van der Waals surface area contributed by atoms with E-state index in [-0.39, 0.29) is 11.8 Å². The van der Waals surface area contributed by atoms with Crippen LogP contribution in [0.3, 0.4) is 0 Å². The summed E-state index contributed by atoms with van der Waals surface area (Å²) in [6.07, 6.45) is 0.669. The van der Waals surface area contributed by atoms with Gasteiger partial charge in [0, 0.05) is 17.6 Å². The summed E-state index contributed by atoms with van der Waals surface area (Å²) in [6, 6.07) is 5.79. The number of nitrogens with zero attached hydrogens (tertiary/aromatic N) is 2. The maximum Gasteiger partial charge on any atom is 0.227 e. The molecule has 1 atom stereocenters. The van der Waals surface area contributed by atoms with Gasteiger partial charge < -0.3 is 19.7 Å². The number of amides is 1. The van der Waals surface area contributed by atoms with Gasteiger partial charge in [-0.3, -0.25) is 9.79 Å². The fourth-order valence-corrected chi connectivity index (χ4v) is 4.11. The number of hydrogen-bond acceptors (Lipinski definition) is 6. The number of carbonyl (C=O) groups is 1.